The number of hydrogen-bond acceptors (Lipinski definition) is 5. The number of nitrogens with one attached hydrogen (secondary N) is 1. The van der Waals surface area contributed by atoms with Crippen LogP contribution < -0.4 is 5.32 Å². The van der Waals surface area contributed by atoms with Crippen LogP contribution in [-0.2, 0) is 6.54 Å². The molecule has 0 aliphatic rings. The minimum Gasteiger partial charge on any atom is -0.343 e. The molecule has 23 heavy (non-hydrogen) atoms. The first kappa shape index (κ1) is 15.3. The van der Waals surface area contributed by atoms with Gasteiger partial charge in [0.15, 0.2) is 0 Å². The van der Waals surface area contributed by atoms with E-state index in [0.29, 0.717) is 18.1 Å². The van der Waals surface area contributed by atoms with Gasteiger partial charge in [-0.15, -0.1) is 16.4 Å². The number of amides is 1. The van der Waals surface area contributed by atoms with E-state index in [1.807, 2.05) is 12.3 Å². The summed E-state index contributed by atoms with van der Waals surface area (Å²) >= 11 is 1.49. The fourth-order valence-electron chi connectivity index (χ4n) is 2.03. The smallest absolute Gasteiger partial charge is 0.291 e. The number of carbonyl (C=O) groups is 1. The van der Waals surface area contributed by atoms with Crippen LogP contribution in [0.15, 0.2) is 29.6 Å². The molecule has 8 heteroatoms. The van der Waals surface area contributed by atoms with Crippen molar-refractivity contribution in [2.24, 2.45) is 0 Å². The van der Waals surface area contributed by atoms with Crippen LogP contribution in [0.3, 0.4) is 0 Å². The molecule has 2 aromatic heterocycles. The van der Waals surface area contributed by atoms with E-state index in [4.69, 9.17) is 0 Å². The lowest BCUT2D eigenvalue weighted by atomic mass is 10.3. The van der Waals surface area contributed by atoms with E-state index >= 15 is 0 Å². The van der Waals surface area contributed by atoms with E-state index in [1.165, 1.54) is 28.2 Å². The molecule has 118 valence electrons. The molecule has 0 atom stereocenters. The van der Waals surface area contributed by atoms with E-state index in [2.05, 4.69) is 20.4 Å². The topological polar surface area (TPSA) is 72.7 Å². The monoisotopic (exact) mass is 331 g/mol. The second-order valence-corrected chi connectivity index (χ2v) is 5.88. The maximum Gasteiger partial charge on any atom is 0.291 e. The quantitative estimate of drug-likeness (QED) is 0.797. The highest BCUT2D eigenvalue weighted by molar-refractivity contribution is 7.09. The molecule has 0 aliphatic heterocycles. The predicted molar refractivity (Wildman–Crippen MR) is 84.1 cm³/mol. The fourth-order valence-corrected chi connectivity index (χ4v) is 2.74. The Kier molecular flexibility index (Phi) is 4.16. The van der Waals surface area contributed by atoms with Crippen molar-refractivity contribution >= 4 is 17.2 Å². The minimum atomic E-state index is -0.373. The molecule has 6 nitrogen and oxygen atoms in total. The molecule has 0 unspecified atom stereocenters. The second-order valence-electron chi connectivity index (χ2n) is 4.94. The van der Waals surface area contributed by atoms with Crippen LogP contribution in [0.1, 0.15) is 27.1 Å². The molecule has 2 heterocycles. The maximum atomic E-state index is 13.0. The van der Waals surface area contributed by atoms with Crippen molar-refractivity contribution < 1.29 is 9.18 Å². The number of carbonyl (C=O) groups excluding carboxylic acids is 1. The highest BCUT2D eigenvalue weighted by Gasteiger charge is 2.15. The SMILES string of the molecule is Cc1csc(CNC(=O)c2nc(C)n(-c3ccc(F)cc3)n2)n1. The van der Waals surface area contributed by atoms with E-state index < -0.39 is 0 Å². The van der Waals surface area contributed by atoms with Crippen molar-refractivity contribution in [2.45, 2.75) is 20.4 Å². The summed E-state index contributed by atoms with van der Waals surface area (Å²) in [5.41, 5.74) is 1.57. The minimum absolute atomic E-state index is 0.0695. The number of aromatic nitrogens is 4. The van der Waals surface area contributed by atoms with Crippen molar-refractivity contribution in [3.63, 3.8) is 0 Å². The summed E-state index contributed by atoms with van der Waals surface area (Å²) in [7, 11) is 0. The van der Waals surface area contributed by atoms with Crippen LogP contribution in [-0.4, -0.2) is 25.7 Å². The lowest BCUT2D eigenvalue weighted by molar-refractivity contribution is 0.0940. The normalized spacial score (nSPS) is 10.7. The van der Waals surface area contributed by atoms with Gasteiger partial charge in [0.05, 0.1) is 12.2 Å². The fraction of sp³-hybridized carbons (Fsp3) is 0.200. The van der Waals surface area contributed by atoms with Gasteiger partial charge < -0.3 is 5.32 Å². The molecular formula is C15H14FN5OS. The number of aryl methyl sites for hydroxylation is 2. The summed E-state index contributed by atoms with van der Waals surface area (Å²) in [6, 6.07) is 5.83. The maximum absolute atomic E-state index is 13.0. The third kappa shape index (κ3) is 3.42. The third-order valence-corrected chi connectivity index (χ3v) is 4.08. The highest BCUT2D eigenvalue weighted by atomic mass is 32.1. The van der Waals surface area contributed by atoms with Gasteiger partial charge in [0, 0.05) is 11.1 Å². The molecule has 0 saturated carbocycles. The molecule has 3 rings (SSSR count). The van der Waals surface area contributed by atoms with Gasteiger partial charge in [-0.1, -0.05) is 0 Å². The molecule has 0 saturated heterocycles. The average Bonchev–Trinajstić information content (AvgIpc) is 3.12. The second kappa shape index (κ2) is 6.25. The van der Waals surface area contributed by atoms with Crippen molar-refractivity contribution in [1.29, 1.82) is 0 Å². The van der Waals surface area contributed by atoms with Crippen LogP contribution in [0.25, 0.3) is 5.69 Å². The van der Waals surface area contributed by atoms with Gasteiger partial charge >= 0.3 is 0 Å². The van der Waals surface area contributed by atoms with Crippen LogP contribution in [0.4, 0.5) is 4.39 Å². The number of nitrogens with zero attached hydrogens (tertiary/aromatic N) is 4. The van der Waals surface area contributed by atoms with Crippen LogP contribution >= 0.6 is 11.3 Å². The van der Waals surface area contributed by atoms with E-state index in [-0.39, 0.29) is 17.5 Å². The zero-order chi connectivity index (χ0) is 16.4. The molecule has 3 aromatic rings. The molecule has 0 aliphatic carbocycles. The highest BCUT2D eigenvalue weighted by Crippen LogP contribution is 2.11. The molecule has 0 bridgehead atoms. The first-order chi connectivity index (χ1) is 11.0. The lowest BCUT2D eigenvalue weighted by Crippen LogP contribution is -2.24. The average molecular weight is 331 g/mol. The van der Waals surface area contributed by atoms with Crippen LogP contribution in [0.5, 0.6) is 0 Å². The summed E-state index contributed by atoms with van der Waals surface area (Å²) in [5.74, 6) is -0.0861. The largest absolute Gasteiger partial charge is 0.343 e. The van der Waals surface area contributed by atoms with Crippen molar-refractivity contribution in [1.82, 2.24) is 25.1 Å². The summed E-state index contributed by atoms with van der Waals surface area (Å²) in [4.78, 5) is 20.6. The summed E-state index contributed by atoms with van der Waals surface area (Å²) in [6.07, 6.45) is 0. The Hall–Kier alpha value is -2.61. The summed E-state index contributed by atoms with van der Waals surface area (Å²) in [5, 5.41) is 9.67. The van der Waals surface area contributed by atoms with Gasteiger partial charge in [-0.3, -0.25) is 4.79 Å². The Morgan fingerprint density at radius 1 is 1.26 bits per heavy atom. The Morgan fingerprint density at radius 2 is 2.00 bits per heavy atom. The molecule has 1 N–H and O–H groups in total. The predicted octanol–water partition coefficient (Wildman–Crippen LogP) is 2.41. The summed E-state index contributed by atoms with van der Waals surface area (Å²) in [6.45, 7) is 3.97. The van der Waals surface area contributed by atoms with Crippen LogP contribution in [0.2, 0.25) is 0 Å². The third-order valence-electron chi connectivity index (χ3n) is 3.11. The summed E-state index contributed by atoms with van der Waals surface area (Å²) < 4.78 is 14.5. The van der Waals surface area contributed by atoms with Crippen LogP contribution in [0, 0.1) is 19.7 Å². The Balaban J connectivity index is 1.74. The number of halogens is 1. The molecule has 0 spiro atoms. The lowest BCUT2D eigenvalue weighted by Gasteiger charge is -2.02. The van der Waals surface area contributed by atoms with Gasteiger partial charge in [-0.2, -0.15) is 0 Å². The van der Waals surface area contributed by atoms with Gasteiger partial charge in [-0.25, -0.2) is 19.0 Å². The number of thiazole rings is 1. The molecule has 0 radical (unpaired) electrons. The van der Waals surface area contributed by atoms with E-state index in [1.54, 1.807) is 19.1 Å². The van der Waals surface area contributed by atoms with Crippen molar-refractivity contribution in [3.05, 3.63) is 57.8 Å². The number of benzene rings is 1. The Bertz CT molecular complexity index is 840. The van der Waals surface area contributed by atoms with E-state index in [0.717, 1.165) is 10.7 Å². The van der Waals surface area contributed by atoms with Gasteiger partial charge in [0.1, 0.15) is 16.6 Å². The zero-order valence-corrected chi connectivity index (χ0v) is 13.4. The van der Waals surface area contributed by atoms with Crippen molar-refractivity contribution in [2.75, 3.05) is 0 Å². The molecule has 0 fully saturated rings. The van der Waals surface area contributed by atoms with Gasteiger partial charge in [-0.05, 0) is 38.1 Å². The van der Waals surface area contributed by atoms with Gasteiger partial charge in [0.25, 0.3) is 5.91 Å². The molecular weight excluding hydrogens is 317 g/mol. The number of rotatable bonds is 4. The molecule has 1 aromatic carbocycles. The first-order valence-corrected chi connectivity index (χ1v) is 7.79. The first-order valence-electron chi connectivity index (χ1n) is 6.92. The Labute approximate surface area is 136 Å². The standard InChI is InChI=1S/C15H14FN5OS/c1-9-8-23-13(18-9)7-17-15(22)14-19-10(2)21(20-14)12-5-3-11(16)4-6-12/h3-6,8H,7H2,1-2H3,(H,17,22). The van der Waals surface area contributed by atoms with Gasteiger partial charge in [0.2, 0.25) is 5.82 Å². The van der Waals surface area contributed by atoms with Crippen molar-refractivity contribution in [3.8, 4) is 5.69 Å². The zero-order valence-electron chi connectivity index (χ0n) is 12.6. The Morgan fingerprint density at radius 3 is 2.65 bits per heavy atom. The van der Waals surface area contributed by atoms with E-state index in [9.17, 15) is 9.18 Å². The number of hydrogen-bond donors (Lipinski definition) is 1. The molecule has 1 amide bonds.